The summed E-state index contributed by atoms with van der Waals surface area (Å²) in [6.07, 6.45) is 4.52. The summed E-state index contributed by atoms with van der Waals surface area (Å²) in [5.74, 6) is 0.189. The molecule has 0 spiro atoms. The van der Waals surface area contributed by atoms with Crippen molar-refractivity contribution in [2.45, 2.75) is 19.4 Å². The smallest absolute Gasteiger partial charge is 0.308 e. The summed E-state index contributed by atoms with van der Waals surface area (Å²) in [6.45, 7) is 1.62. The molecule has 6 heteroatoms. The Bertz CT molecular complexity index is 493. The van der Waals surface area contributed by atoms with Crippen LogP contribution in [0.1, 0.15) is 15.6 Å². The van der Waals surface area contributed by atoms with E-state index in [0.29, 0.717) is 0 Å². The maximum absolute atomic E-state index is 10.6. The van der Waals surface area contributed by atoms with Gasteiger partial charge in [-0.1, -0.05) is 0 Å². The first-order chi connectivity index (χ1) is 8.74. The van der Waals surface area contributed by atoms with Crippen LogP contribution in [0.3, 0.4) is 0 Å². The van der Waals surface area contributed by atoms with Crippen LogP contribution in [-0.2, 0) is 24.2 Å². The van der Waals surface area contributed by atoms with Gasteiger partial charge in [-0.3, -0.25) is 4.79 Å². The summed E-state index contributed by atoms with van der Waals surface area (Å²) >= 11 is 1.54. The summed E-state index contributed by atoms with van der Waals surface area (Å²) in [5.41, 5.74) is 0. The molecule has 2 aromatic rings. The molecule has 3 N–H and O–H groups in total. The van der Waals surface area contributed by atoms with Gasteiger partial charge in [0.1, 0.15) is 5.82 Å². The molecule has 2 heterocycles. The molecular formula is C12H15N3O2S. The number of nitrogens with one attached hydrogen (secondary N) is 2. The minimum Gasteiger partial charge on any atom is -0.481 e. The third-order valence-corrected chi connectivity index (χ3v) is 3.52. The maximum Gasteiger partial charge on any atom is 0.308 e. The van der Waals surface area contributed by atoms with E-state index in [4.69, 9.17) is 5.11 Å². The quantitative estimate of drug-likeness (QED) is 0.662. The second kappa shape index (κ2) is 6.32. The number of aromatic nitrogens is 2. The van der Waals surface area contributed by atoms with Crippen LogP contribution in [0.5, 0.6) is 0 Å². The third-order valence-electron chi connectivity index (χ3n) is 2.44. The molecular weight excluding hydrogens is 250 g/mol. The Hall–Kier alpha value is -1.66. The van der Waals surface area contributed by atoms with Crippen LogP contribution in [0.15, 0.2) is 24.5 Å². The van der Waals surface area contributed by atoms with Gasteiger partial charge in [0, 0.05) is 41.7 Å². The molecule has 0 saturated heterocycles. The fourth-order valence-corrected chi connectivity index (χ4v) is 2.59. The van der Waals surface area contributed by atoms with E-state index >= 15 is 0 Å². The Morgan fingerprint density at radius 2 is 2.28 bits per heavy atom. The Morgan fingerprint density at radius 1 is 1.44 bits per heavy atom. The highest BCUT2D eigenvalue weighted by Crippen LogP contribution is 2.16. The second-order valence-electron chi connectivity index (χ2n) is 3.90. The number of thiophene rings is 1. The Balaban J connectivity index is 1.70. The van der Waals surface area contributed by atoms with E-state index in [9.17, 15) is 4.79 Å². The van der Waals surface area contributed by atoms with Crippen molar-refractivity contribution < 1.29 is 9.90 Å². The van der Waals surface area contributed by atoms with Crippen molar-refractivity contribution in [2.24, 2.45) is 0 Å². The number of imidazole rings is 1. The number of aliphatic carboxylic acids is 1. The highest BCUT2D eigenvalue weighted by atomic mass is 32.1. The Morgan fingerprint density at radius 3 is 3.00 bits per heavy atom. The van der Waals surface area contributed by atoms with Gasteiger partial charge in [0.15, 0.2) is 0 Å². The molecule has 0 aliphatic rings. The number of rotatable bonds is 7. The molecule has 18 heavy (non-hydrogen) atoms. The van der Waals surface area contributed by atoms with Gasteiger partial charge < -0.3 is 15.4 Å². The third kappa shape index (κ3) is 3.97. The summed E-state index contributed by atoms with van der Waals surface area (Å²) in [5, 5.41) is 12.0. The number of nitrogens with zero attached hydrogens (tertiary/aromatic N) is 1. The van der Waals surface area contributed by atoms with E-state index < -0.39 is 5.97 Å². The van der Waals surface area contributed by atoms with Gasteiger partial charge in [0.2, 0.25) is 0 Å². The first kappa shape index (κ1) is 12.8. The van der Waals surface area contributed by atoms with E-state index in [-0.39, 0.29) is 6.42 Å². The molecule has 0 saturated carbocycles. The van der Waals surface area contributed by atoms with Gasteiger partial charge in [-0.15, -0.1) is 11.3 Å². The van der Waals surface area contributed by atoms with Crippen LogP contribution < -0.4 is 5.32 Å². The maximum atomic E-state index is 10.6. The molecule has 0 aliphatic heterocycles. The lowest BCUT2D eigenvalue weighted by Crippen LogP contribution is -2.16. The number of carboxylic acids is 1. The topological polar surface area (TPSA) is 78.0 Å². The molecule has 0 atom stereocenters. The Kier molecular flexibility index (Phi) is 4.49. The van der Waals surface area contributed by atoms with Crippen molar-refractivity contribution in [2.75, 3.05) is 6.54 Å². The lowest BCUT2D eigenvalue weighted by Gasteiger charge is -2.00. The number of aromatic amines is 1. The van der Waals surface area contributed by atoms with Crippen molar-refractivity contribution in [3.63, 3.8) is 0 Å². The molecule has 2 aromatic heterocycles. The average molecular weight is 265 g/mol. The molecule has 0 radical (unpaired) electrons. The molecule has 96 valence electrons. The Labute approximate surface area is 109 Å². The van der Waals surface area contributed by atoms with Gasteiger partial charge in [-0.25, -0.2) is 4.98 Å². The second-order valence-corrected chi connectivity index (χ2v) is 5.15. The molecule has 5 nitrogen and oxygen atoms in total. The van der Waals surface area contributed by atoms with E-state index in [0.717, 1.165) is 35.1 Å². The van der Waals surface area contributed by atoms with Gasteiger partial charge >= 0.3 is 5.97 Å². The van der Waals surface area contributed by atoms with Crippen molar-refractivity contribution in [1.82, 2.24) is 15.3 Å². The SMILES string of the molecule is O=C(O)Cc1ccc(CNCCc2ncc[nH]2)s1. The first-order valence-corrected chi connectivity index (χ1v) is 6.54. The van der Waals surface area contributed by atoms with E-state index in [1.807, 2.05) is 18.3 Å². The number of hydrogen-bond donors (Lipinski definition) is 3. The zero-order chi connectivity index (χ0) is 12.8. The van der Waals surface area contributed by atoms with Crippen molar-refractivity contribution in [1.29, 1.82) is 0 Å². The zero-order valence-corrected chi connectivity index (χ0v) is 10.7. The fourth-order valence-electron chi connectivity index (χ4n) is 1.61. The molecule has 0 aromatic carbocycles. The zero-order valence-electron chi connectivity index (χ0n) is 9.85. The fraction of sp³-hybridized carbons (Fsp3) is 0.333. The minimum absolute atomic E-state index is 0.108. The summed E-state index contributed by atoms with van der Waals surface area (Å²) in [4.78, 5) is 19.8. The molecule has 0 unspecified atom stereocenters. The van der Waals surface area contributed by atoms with Crippen LogP contribution in [-0.4, -0.2) is 27.6 Å². The van der Waals surface area contributed by atoms with Gasteiger partial charge in [0.05, 0.1) is 6.42 Å². The molecule has 0 fully saturated rings. The van der Waals surface area contributed by atoms with Gasteiger partial charge in [-0.2, -0.15) is 0 Å². The van der Waals surface area contributed by atoms with Crippen LogP contribution in [0, 0.1) is 0 Å². The largest absolute Gasteiger partial charge is 0.481 e. The predicted molar refractivity (Wildman–Crippen MR) is 69.7 cm³/mol. The summed E-state index contributed by atoms with van der Waals surface area (Å²) < 4.78 is 0. The highest BCUT2D eigenvalue weighted by Gasteiger charge is 2.04. The molecule has 0 amide bonds. The van der Waals surface area contributed by atoms with E-state index in [2.05, 4.69) is 15.3 Å². The van der Waals surface area contributed by atoms with Crippen LogP contribution >= 0.6 is 11.3 Å². The highest BCUT2D eigenvalue weighted by molar-refractivity contribution is 7.12. The normalized spacial score (nSPS) is 10.7. The number of H-pyrrole nitrogens is 1. The lowest BCUT2D eigenvalue weighted by molar-refractivity contribution is -0.136. The lowest BCUT2D eigenvalue weighted by atomic mass is 10.3. The van der Waals surface area contributed by atoms with Crippen molar-refractivity contribution in [3.05, 3.63) is 40.1 Å². The number of hydrogen-bond acceptors (Lipinski definition) is 4. The van der Waals surface area contributed by atoms with Crippen molar-refractivity contribution >= 4 is 17.3 Å². The summed E-state index contributed by atoms with van der Waals surface area (Å²) in [7, 11) is 0. The average Bonchev–Trinajstić information content (AvgIpc) is 2.95. The number of carbonyl (C=O) groups is 1. The molecule has 0 bridgehead atoms. The van der Waals surface area contributed by atoms with Gasteiger partial charge in [-0.05, 0) is 12.1 Å². The van der Waals surface area contributed by atoms with Crippen molar-refractivity contribution in [3.8, 4) is 0 Å². The number of carboxylic acid groups (broad SMARTS) is 1. The monoisotopic (exact) mass is 265 g/mol. The minimum atomic E-state index is -0.783. The van der Waals surface area contributed by atoms with Gasteiger partial charge in [0.25, 0.3) is 0 Å². The van der Waals surface area contributed by atoms with E-state index in [1.165, 1.54) is 0 Å². The summed E-state index contributed by atoms with van der Waals surface area (Å²) in [6, 6.07) is 3.85. The predicted octanol–water partition coefficient (Wildman–Crippen LogP) is 1.43. The van der Waals surface area contributed by atoms with Crippen LogP contribution in [0.25, 0.3) is 0 Å². The van der Waals surface area contributed by atoms with Crippen LogP contribution in [0.2, 0.25) is 0 Å². The first-order valence-electron chi connectivity index (χ1n) is 5.72. The van der Waals surface area contributed by atoms with E-state index in [1.54, 1.807) is 17.5 Å². The standard InChI is InChI=1S/C12H15N3O2S/c16-12(17)7-9-1-2-10(18-9)8-13-4-3-11-14-5-6-15-11/h1-2,5-6,13H,3-4,7-8H2,(H,14,15)(H,16,17). The molecule has 0 aliphatic carbocycles. The van der Waals surface area contributed by atoms with Crippen LogP contribution in [0.4, 0.5) is 0 Å². The molecule has 2 rings (SSSR count).